The molecule has 0 atom stereocenters. The molecular formula is C13H17N3OS. The summed E-state index contributed by atoms with van der Waals surface area (Å²) in [5.41, 5.74) is 0.124. The molecule has 1 aliphatic rings. The van der Waals surface area contributed by atoms with Crippen LogP contribution in [0.15, 0.2) is 5.38 Å². The Balaban J connectivity index is 2.09. The van der Waals surface area contributed by atoms with Crippen LogP contribution in [0.25, 0.3) is 0 Å². The zero-order chi connectivity index (χ0) is 13.4. The predicted octanol–water partition coefficient (Wildman–Crippen LogP) is 3.07. The van der Waals surface area contributed by atoms with E-state index in [-0.39, 0.29) is 11.3 Å². The summed E-state index contributed by atoms with van der Waals surface area (Å²) in [6.07, 6.45) is 2.27. The van der Waals surface area contributed by atoms with Crippen molar-refractivity contribution in [2.45, 2.75) is 45.4 Å². The van der Waals surface area contributed by atoms with E-state index in [9.17, 15) is 4.79 Å². The Morgan fingerprint density at radius 2 is 2.22 bits per heavy atom. The zero-order valence-electron chi connectivity index (χ0n) is 10.9. The molecule has 0 radical (unpaired) electrons. The first-order valence-corrected chi connectivity index (χ1v) is 6.94. The van der Waals surface area contributed by atoms with E-state index in [1.807, 2.05) is 5.38 Å². The summed E-state index contributed by atoms with van der Waals surface area (Å²) < 4.78 is 0. The molecule has 0 aliphatic heterocycles. The van der Waals surface area contributed by atoms with Gasteiger partial charge in [0.1, 0.15) is 5.41 Å². The van der Waals surface area contributed by atoms with Crippen LogP contribution in [0.5, 0.6) is 0 Å². The summed E-state index contributed by atoms with van der Waals surface area (Å²) in [5, 5.41) is 14.4. The highest BCUT2D eigenvalue weighted by molar-refractivity contribution is 7.14. The molecule has 18 heavy (non-hydrogen) atoms. The number of aromatic nitrogens is 1. The SMILES string of the molecule is CC(C)(C)c1csc(NC(=O)C2(C#N)CCC2)n1. The van der Waals surface area contributed by atoms with E-state index >= 15 is 0 Å². The molecule has 1 fully saturated rings. The van der Waals surface area contributed by atoms with Gasteiger partial charge in [-0.15, -0.1) is 11.3 Å². The number of carbonyl (C=O) groups excluding carboxylic acids is 1. The molecule has 0 bridgehead atoms. The molecule has 0 spiro atoms. The number of nitrogens with zero attached hydrogens (tertiary/aromatic N) is 2. The van der Waals surface area contributed by atoms with E-state index < -0.39 is 5.41 Å². The van der Waals surface area contributed by atoms with Gasteiger partial charge in [0, 0.05) is 10.8 Å². The molecule has 1 aromatic rings. The second-order valence-corrected chi connectivity index (χ2v) is 6.65. The molecule has 1 heterocycles. The van der Waals surface area contributed by atoms with E-state index in [1.54, 1.807) is 0 Å². The van der Waals surface area contributed by atoms with Crippen molar-refractivity contribution in [1.82, 2.24) is 4.98 Å². The highest BCUT2D eigenvalue weighted by Crippen LogP contribution is 2.41. The summed E-state index contributed by atoms with van der Waals surface area (Å²) in [4.78, 5) is 16.4. The first-order chi connectivity index (χ1) is 8.37. The van der Waals surface area contributed by atoms with Gasteiger partial charge in [0.15, 0.2) is 5.13 Å². The van der Waals surface area contributed by atoms with Crippen molar-refractivity contribution < 1.29 is 4.79 Å². The Morgan fingerprint density at radius 3 is 2.61 bits per heavy atom. The summed E-state index contributed by atoms with van der Waals surface area (Å²) in [6.45, 7) is 6.24. The van der Waals surface area contributed by atoms with E-state index in [2.05, 4.69) is 37.1 Å². The Bertz CT molecular complexity index is 503. The lowest BCUT2D eigenvalue weighted by Crippen LogP contribution is -2.40. The minimum Gasteiger partial charge on any atom is -0.301 e. The molecule has 1 N–H and O–H groups in total. The molecule has 0 saturated heterocycles. The van der Waals surface area contributed by atoms with Crippen LogP contribution >= 0.6 is 11.3 Å². The predicted molar refractivity (Wildman–Crippen MR) is 71.3 cm³/mol. The first-order valence-electron chi connectivity index (χ1n) is 6.06. The smallest absolute Gasteiger partial charge is 0.246 e. The van der Waals surface area contributed by atoms with Gasteiger partial charge >= 0.3 is 0 Å². The van der Waals surface area contributed by atoms with Gasteiger partial charge in [0.25, 0.3) is 0 Å². The summed E-state index contributed by atoms with van der Waals surface area (Å²) in [7, 11) is 0. The lowest BCUT2D eigenvalue weighted by Gasteiger charge is -2.32. The Labute approximate surface area is 111 Å². The van der Waals surface area contributed by atoms with Gasteiger partial charge in [0.2, 0.25) is 5.91 Å². The third-order valence-electron chi connectivity index (χ3n) is 3.35. The van der Waals surface area contributed by atoms with E-state index in [0.29, 0.717) is 18.0 Å². The maximum atomic E-state index is 12.0. The molecule has 96 valence electrons. The van der Waals surface area contributed by atoms with Gasteiger partial charge in [-0.25, -0.2) is 4.98 Å². The largest absolute Gasteiger partial charge is 0.301 e. The van der Waals surface area contributed by atoms with Crippen LogP contribution in [0.3, 0.4) is 0 Å². The number of nitriles is 1. The molecule has 1 aromatic heterocycles. The number of thiazole rings is 1. The van der Waals surface area contributed by atoms with Crippen molar-refractivity contribution >= 4 is 22.4 Å². The average molecular weight is 263 g/mol. The van der Waals surface area contributed by atoms with Gasteiger partial charge in [-0.3, -0.25) is 4.79 Å². The van der Waals surface area contributed by atoms with Crippen LogP contribution in [-0.4, -0.2) is 10.9 Å². The molecular weight excluding hydrogens is 246 g/mol. The minimum atomic E-state index is -0.812. The Kier molecular flexibility index (Phi) is 3.16. The molecule has 4 nitrogen and oxygen atoms in total. The fraction of sp³-hybridized carbons (Fsp3) is 0.615. The lowest BCUT2D eigenvalue weighted by molar-refractivity contribution is -0.126. The molecule has 0 aromatic carbocycles. The fourth-order valence-corrected chi connectivity index (χ4v) is 2.74. The normalized spacial score (nSPS) is 17.7. The van der Waals surface area contributed by atoms with Crippen LogP contribution in [0.1, 0.15) is 45.7 Å². The van der Waals surface area contributed by atoms with Gasteiger partial charge in [0.05, 0.1) is 11.8 Å². The number of carbonyl (C=O) groups is 1. The number of rotatable bonds is 2. The highest BCUT2D eigenvalue weighted by atomic mass is 32.1. The first kappa shape index (κ1) is 13.0. The van der Waals surface area contributed by atoms with Gasteiger partial charge in [-0.1, -0.05) is 20.8 Å². The second-order valence-electron chi connectivity index (χ2n) is 5.79. The second kappa shape index (κ2) is 4.36. The van der Waals surface area contributed by atoms with Gasteiger partial charge < -0.3 is 5.32 Å². The Hall–Kier alpha value is -1.41. The van der Waals surface area contributed by atoms with Crippen molar-refractivity contribution in [3.05, 3.63) is 11.1 Å². The van der Waals surface area contributed by atoms with Crippen molar-refractivity contribution in [2.24, 2.45) is 5.41 Å². The van der Waals surface area contributed by atoms with Crippen LogP contribution in [0, 0.1) is 16.7 Å². The lowest BCUT2D eigenvalue weighted by atomic mass is 9.69. The van der Waals surface area contributed by atoms with Crippen LogP contribution < -0.4 is 5.32 Å². The Morgan fingerprint density at radius 1 is 1.56 bits per heavy atom. The van der Waals surface area contributed by atoms with Crippen molar-refractivity contribution in [3.8, 4) is 6.07 Å². The van der Waals surface area contributed by atoms with Crippen LogP contribution in [0.2, 0.25) is 0 Å². The third kappa shape index (κ3) is 2.25. The third-order valence-corrected chi connectivity index (χ3v) is 4.11. The van der Waals surface area contributed by atoms with E-state index in [4.69, 9.17) is 5.26 Å². The zero-order valence-corrected chi connectivity index (χ0v) is 11.7. The molecule has 2 rings (SSSR count). The monoisotopic (exact) mass is 263 g/mol. The van der Waals surface area contributed by atoms with E-state index in [0.717, 1.165) is 12.1 Å². The maximum absolute atomic E-state index is 12.0. The summed E-state index contributed by atoms with van der Waals surface area (Å²) in [5.74, 6) is -0.203. The van der Waals surface area contributed by atoms with Crippen LogP contribution in [0.4, 0.5) is 5.13 Å². The number of hydrogen-bond acceptors (Lipinski definition) is 4. The summed E-state index contributed by atoms with van der Waals surface area (Å²) >= 11 is 1.41. The van der Waals surface area contributed by atoms with E-state index in [1.165, 1.54) is 11.3 Å². The minimum absolute atomic E-state index is 0.0249. The number of amides is 1. The molecule has 0 unspecified atom stereocenters. The van der Waals surface area contributed by atoms with Crippen molar-refractivity contribution in [3.63, 3.8) is 0 Å². The van der Waals surface area contributed by atoms with Crippen LogP contribution in [-0.2, 0) is 10.2 Å². The standard InChI is InChI=1S/C13H17N3OS/c1-12(2,3)9-7-18-11(15-9)16-10(17)13(8-14)5-4-6-13/h7H,4-6H2,1-3H3,(H,15,16,17). The fourth-order valence-electron chi connectivity index (χ4n) is 1.81. The van der Waals surface area contributed by atoms with Crippen molar-refractivity contribution in [2.75, 3.05) is 5.32 Å². The average Bonchev–Trinajstić information content (AvgIpc) is 2.64. The number of nitrogens with one attached hydrogen (secondary N) is 1. The molecule has 1 saturated carbocycles. The molecule has 5 heteroatoms. The quantitative estimate of drug-likeness (QED) is 0.891. The molecule has 1 amide bonds. The number of anilines is 1. The van der Waals surface area contributed by atoms with Gasteiger partial charge in [-0.2, -0.15) is 5.26 Å². The van der Waals surface area contributed by atoms with Gasteiger partial charge in [-0.05, 0) is 19.3 Å². The summed E-state index contributed by atoms with van der Waals surface area (Å²) in [6, 6.07) is 2.14. The topological polar surface area (TPSA) is 65.8 Å². The maximum Gasteiger partial charge on any atom is 0.246 e. The number of hydrogen-bond donors (Lipinski definition) is 1. The molecule has 1 aliphatic carbocycles. The van der Waals surface area contributed by atoms with Crippen molar-refractivity contribution in [1.29, 1.82) is 5.26 Å². The highest BCUT2D eigenvalue weighted by Gasteiger charge is 2.44.